The zero-order valence-electron chi connectivity index (χ0n) is 26.8. The van der Waals surface area contributed by atoms with E-state index in [4.69, 9.17) is 4.74 Å². The van der Waals surface area contributed by atoms with Crippen molar-refractivity contribution in [2.45, 2.75) is 114 Å². The normalized spacial score (nSPS) is 31.7. The lowest BCUT2D eigenvalue weighted by Gasteiger charge is -2.59. The van der Waals surface area contributed by atoms with Crippen LogP contribution >= 0.6 is 0 Å². The Hall–Kier alpha value is -2.40. The number of phenolic OH excluding ortho intramolecular Hbond substituents is 1. The van der Waals surface area contributed by atoms with E-state index < -0.39 is 46.1 Å². The first-order valence-electron chi connectivity index (χ1n) is 16.9. The first kappa shape index (κ1) is 34.5. The van der Waals surface area contributed by atoms with Crippen LogP contribution in [0.4, 0.5) is 22.0 Å². The van der Waals surface area contributed by atoms with Crippen LogP contribution in [0.3, 0.4) is 0 Å². The summed E-state index contributed by atoms with van der Waals surface area (Å²) in [5.41, 5.74) is 3.09. The second-order valence-electron chi connectivity index (χ2n) is 14.8. The first-order chi connectivity index (χ1) is 22.0. The molecular formula is C36H45F5O5S. The van der Waals surface area contributed by atoms with Crippen molar-refractivity contribution >= 4 is 9.84 Å². The molecule has 3 fully saturated rings. The topological polar surface area (TPSA) is 83.8 Å². The molecule has 3 saturated carbocycles. The summed E-state index contributed by atoms with van der Waals surface area (Å²) in [6.07, 6.45) is 0.159. The van der Waals surface area contributed by atoms with Gasteiger partial charge in [0, 0.05) is 11.8 Å². The maximum atomic E-state index is 13.0. The molecular weight excluding hydrogens is 639 g/mol. The number of halogens is 5. The molecule has 2 N–H and O–H groups in total. The van der Waals surface area contributed by atoms with Crippen LogP contribution in [0.2, 0.25) is 0 Å². The Labute approximate surface area is 273 Å². The zero-order valence-corrected chi connectivity index (χ0v) is 27.6. The summed E-state index contributed by atoms with van der Waals surface area (Å²) in [6, 6.07) is 14.0. The third-order valence-electron chi connectivity index (χ3n) is 12.5. The quantitative estimate of drug-likeness (QED) is 0.173. The summed E-state index contributed by atoms with van der Waals surface area (Å²) >= 11 is 0. The Morgan fingerprint density at radius 3 is 2.28 bits per heavy atom. The average Bonchev–Trinajstić information content (AvgIpc) is 3.37. The number of rotatable bonds is 12. The number of aliphatic hydroxyl groups is 1. The summed E-state index contributed by atoms with van der Waals surface area (Å²) in [5.74, 6) is -3.89. The van der Waals surface area contributed by atoms with E-state index in [2.05, 4.69) is 25.1 Å². The predicted octanol–water partition coefficient (Wildman–Crippen LogP) is 8.48. The maximum Gasteiger partial charge on any atom is 0.453 e. The van der Waals surface area contributed by atoms with Gasteiger partial charge in [-0.25, -0.2) is 8.42 Å². The predicted molar refractivity (Wildman–Crippen MR) is 169 cm³/mol. The minimum absolute atomic E-state index is 0.128. The monoisotopic (exact) mass is 684 g/mol. The number of fused-ring (bicyclic) bond motifs is 3. The van der Waals surface area contributed by atoms with E-state index in [0.29, 0.717) is 42.8 Å². The molecule has 0 spiro atoms. The van der Waals surface area contributed by atoms with Crippen LogP contribution in [0, 0.1) is 16.7 Å². The van der Waals surface area contributed by atoms with Gasteiger partial charge in [0.15, 0.2) is 0 Å². The molecule has 0 heterocycles. The molecule has 4 atom stereocenters. The summed E-state index contributed by atoms with van der Waals surface area (Å²) < 4.78 is 93.1. The Balaban J connectivity index is 1.05. The fraction of sp³-hybridized carbons (Fsp3) is 0.667. The summed E-state index contributed by atoms with van der Waals surface area (Å²) in [7, 11) is -3.72. The number of unbranched alkanes of at least 4 members (excludes halogenated alkanes) is 2. The second kappa shape index (κ2) is 12.2. The molecule has 6 rings (SSSR count). The van der Waals surface area contributed by atoms with Gasteiger partial charge in [0.25, 0.3) is 0 Å². The van der Waals surface area contributed by atoms with Gasteiger partial charge in [-0.05, 0) is 135 Å². The van der Waals surface area contributed by atoms with Crippen molar-refractivity contribution in [3.05, 3.63) is 59.2 Å². The van der Waals surface area contributed by atoms with Gasteiger partial charge in [-0.1, -0.05) is 25.1 Å². The van der Waals surface area contributed by atoms with Crippen LogP contribution in [0.15, 0.2) is 42.5 Å². The van der Waals surface area contributed by atoms with Crippen molar-refractivity contribution in [3.8, 4) is 11.5 Å². The molecule has 2 aromatic rings. The standard InChI is InChI=1S/C36H45F5O5S/c1-32-23-29(31-28-12-9-26(42)22-25(28)8-13-30(31)33(32)15-17-34(32,43)18-16-33)24-6-10-27(11-7-24)46-19-3-2-4-20-47(44,45)21-5-14-35(37,38)36(39,40)41/h6-7,9-12,22,29-31,42-43H,2-5,8,13-21,23H2,1H3/t29-,30-,31+,32+,33-,34+/m1/s1. The van der Waals surface area contributed by atoms with Crippen molar-refractivity contribution in [1.82, 2.24) is 0 Å². The highest BCUT2D eigenvalue weighted by atomic mass is 32.2. The van der Waals surface area contributed by atoms with E-state index in [1.54, 1.807) is 6.07 Å². The van der Waals surface area contributed by atoms with Crippen LogP contribution in [-0.2, 0) is 16.3 Å². The molecule has 4 aliphatic carbocycles. The smallest absolute Gasteiger partial charge is 0.453 e. The lowest BCUT2D eigenvalue weighted by molar-refractivity contribution is -0.284. The summed E-state index contributed by atoms with van der Waals surface area (Å²) in [4.78, 5) is 0. The van der Waals surface area contributed by atoms with Crippen molar-refractivity contribution in [1.29, 1.82) is 0 Å². The molecule has 0 aliphatic heterocycles. The number of ether oxygens (including phenoxy) is 1. The molecule has 11 heteroatoms. The number of alkyl halides is 5. The van der Waals surface area contributed by atoms with E-state index >= 15 is 0 Å². The van der Waals surface area contributed by atoms with Gasteiger partial charge in [-0.2, -0.15) is 22.0 Å². The van der Waals surface area contributed by atoms with E-state index in [-0.39, 0.29) is 28.9 Å². The third-order valence-corrected chi connectivity index (χ3v) is 14.4. The number of phenols is 1. The number of aryl methyl sites for hydroxylation is 1. The van der Waals surface area contributed by atoms with Gasteiger partial charge in [0.05, 0.1) is 23.7 Å². The summed E-state index contributed by atoms with van der Waals surface area (Å²) in [5, 5.41) is 22.1. The fourth-order valence-corrected chi connectivity index (χ4v) is 11.5. The number of benzene rings is 2. The highest BCUT2D eigenvalue weighted by Crippen LogP contribution is 2.79. The molecule has 0 unspecified atom stereocenters. The molecule has 5 nitrogen and oxygen atoms in total. The average molecular weight is 685 g/mol. The lowest BCUT2D eigenvalue weighted by atomic mass is 9.45. The minimum Gasteiger partial charge on any atom is -0.508 e. The molecule has 0 radical (unpaired) electrons. The van der Waals surface area contributed by atoms with Gasteiger partial charge in [-0.15, -0.1) is 0 Å². The molecule has 0 aromatic heterocycles. The molecule has 2 bridgehead atoms. The molecule has 2 aromatic carbocycles. The van der Waals surface area contributed by atoms with Gasteiger partial charge < -0.3 is 14.9 Å². The van der Waals surface area contributed by atoms with E-state index in [1.807, 2.05) is 18.2 Å². The Morgan fingerprint density at radius 1 is 0.915 bits per heavy atom. The number of hydrogen-bond donors (Lipinski definition) is 2. The number of aromatic hydroxyl groups is 1. The number of hydrogen-bond acceptors (Lipinski definition) is 5. The van der Waals surface area contributed by atoms with Gasteiger partial charge in [0.1, 0.15) is 21.3 Å². The highest BCUT2D eigenvalue weighted by Gasteiger charge is 2.74. The van der Waals surface area contributed by atoms with Gasteiger partial charge >= 0.3 is 12.1 Å². The van der Waals surface area contributed by atoms with Crippen LogP contribution in [0.25, 0.3) is 0 Å². The van der Waals surface area contributed by atoms with E-state index in [0.717, 1.165) is 44.9 Å². The lowest BCUT2D eigenvalue weighted by Crippen LogP contribution is -2.54. The fourth-order valence-electron chi connectivity index (χ4n) is 10.1. The van der Waals surface area contributed by atoms with Crippen LogP contribution in [0.1, 0.15) is 106 Å². The third kappa shape index (κ3) is 6.06. The Morgan fingerprint density at radius 2 is 1.60 bits per heavy atom. The van der Waals surface area contributed by atoms with Gasteiger partial charge in [-0.3, -0.25) is 0 Å². The first-order valence-corrected chi connectivity index (χ1v) is 18.8. The number of sulfone groups is 1. The van der Waals surface area contributed by atoms with Gasteiger partial charge in [0.2, 0.25) is 0 Å². The van der Waals surface area contributed by atoms with Crippen LogP contribution in [0.5, 0.6) is 11.5 Å². The largest absolute Gasteiger partial charge is 0.508 e. The molecule has 47 heavy (non-hydrogen) atoms. The minimum atomic E-state index is -5.68. The molecule has 4 aliphatic rings. The molecule has 260 valence electrons. The van der Waals surface area contributed by atoms with Crippen molar-refractivity contribution in [3.63, 3.8) is 0 Å². The molecule has 0 saturated heterocycles. The SMILES string of the molecule is C[C@]12C[C@H](c3ccc(OCCCCCS(=O)(=O)CCCC(F)(F)C(F)(F)F)cc3)[C@@H]3c4ccc(O)cc4CC[C@H]3[C@]13CC[C@]2(O)CC3. The van der Waals surface area contributed by atoms with Crippen molar-refractivity contribution in [2.75, 3.05) is 18.1 Å². The zero-order chi connectivity index (χ0) is 33.9. The van der Waals surface area contributed by atoms with Crippen LogP contribution < -0.4 is 4.74 Å². The second-order valence-corrected chi connectivity index (χ2v) is 17.1. The summed E-state index contributed by atoms with van der Waals surface area (Å²) in [6.45, 7) is 2.69. The van der Waals surface area contributed by atoms with Crippen LogP contribution in [-0.4, -0.2) is 54.4 Å². The van der Waals surface area contributed by atoms with Crippen molar-refractivity contribution in [2.24, 2.45) is 16.7 Å². The maximum absolute atomic E-state index is 13.0. The molecule has 0 amide bonds. The van der Waals surface area contributed by atoms with E-state index in [9.17, 15) is 40.6 Å². The highest BCUT2D eigenvalue weighted by molar-refractivity contribution is 7.91. The van der Waals surface area contributed by atoms with E-state index in [1.165, 1.54) is 16.7 Å². The van der Waals surface area contributed by atoms with Crippen molar-refractivity contribution < 1.29 is 45.3 Å². The Kier molecular flexibility index (Phi) is 8.93. The Bertz CT molecular complexity index is 1550.